The molecule has 0 aliphatic heterocycles. The molecule has 0 aliphatic rings. The van der Waals surface area contributed by atoms with Crippen LogP contribution in [0.2, 0.25) is 0 Å². The third-order valence-electron chi connectivity index (χ3n) is 1.48. The van der Waals surface area contributed by atoms with Crippen molar-refractivity contribution in [1.82, 2.24) is 0 Å². The molecule has 0 fully saturated rings. The van der Waals surface area contributed by atoms with Crippen molar-refractivity contribution in [2.45, 2.75) is 0 Å². The maximum Gasteiger partial charge on any atom is 2.00 e. The van der Waals surface area contributed by atoms with Crippen molar-refractivity contribution >= 4 is 6.08 Å². The molecule has 2 aromatic carbocycles. The second-order valence-electron chi connectivity index (χ2n) is 2.38. The zero-order valence-electron chi connectivity index (χ0n) is 7.48. The van der Waals surface area contributed by atoms with E-state index < -0.39 is 0 Å². The van der Waals surface area contributed by atoms with Gasteiger partial charge in [0.05, 0.1) is 0 Å². The summed E-state index contributed by atoms with van der Waals surface area (Å²) in [6.07, 6.45) is 1.83. The molecule has 0 amide bonds. The van der Waals surface area contributed by atoms with Crippen molar-refractivity contribution in [1.29, 1.82) is 0 Å². The van der Waals surface area contributed by atoms with Crippen LogP contribution in [-0.2, 0) is 21.7 Å². The van der Waals surface area contributed by atoms with Gasteiger partial charge in [0.2, 0.25) is 0 Å². The second kappa shape index (κ2) is 7.79. The van der Waals surface area contributed by atoms with Gasteiger partial charge in [-0.2, -0.15) is 42.0 Å². The first kappa shape index (κ1) is 12.2. The van der Waals surface area contributed by atoms with Crippen molar-refractivity contribution in [3.8, 4) is 0 Å². The van der Waals surface area contributed by atoms with E-state index in [1.165, 1.54) is 5.56 Å². The average molecular weight is 204 g/mol. The van der Waals surface area contributed by atoms with Crippen LogP contribution in [0.1, 0.15) is 5.56 Å². The van der Waals surface area contributed by atoms with Gasteiger partial charge in [-0.15, -0.1) is 18.7 Å². The van der Waals surface area contributed by atoms with Gasteiger partial charge in [0.25, 0.3) is 0 Å². The van der Waals surface area contributed by atoms with E-state index in [-0.39, 0.29) is 21.7 Å². The Morgan fingerprint density at radius 3 is 2.00 bits per heavy atom. The minimum Gasteiger partial charge on any atom is -0.214 e. The quantitative estimate of drug-likeness (QED) is 0.493. The van der Waals surface area contributed by atoms with Crippen LogP contribution >= 0.6 is 0 Å². The molecular weight excluding hydrogens is 192 g/mol. The minimum atomic E-state index is 0. The molecule has 1 heteroatoms. The largest absolute Gasteiger partial charge is 2.00 e. The predicted molar refractivity (Wildman–Crippen MR) is 54.2 cm³/mol. The zero-order chi connectivity index (χ0) is 8.65. The summed E-state index contributed by atoms with van der Waals surface area (Å²) in [5.41, 5.74) is 1.19. The van der Waals surface area contributed by atoms with Crippen LogP contribution in [0.25, 0.3) is 6.08 Å². The molecular formula is C12H12Ti. The van der Waals surface area contributed by atoms with Gasteiger partial charge in [0.15, 0.2) is 0 Å². The van der Waals surface area contributed by atoms with Gasteiger partial charge in [-0.25, -0.2) is 12.1 Å². The van der Waals surface area contributed by atoms with Gasteiger partial charge >= 0.3 is 21.7 Å². The molecule has 0 aliphatic carbocycles. The maximum absolute atomic E-state index is 3.60. The SMILES string of the molecule is C=Cc1ccc[cH-]1.[Ti+2].c1cc[cH-]c1. The summed E-state index contributed by atoms with van der Waals surface area (Å²) >= 11 is 0. The molecule has 0 spiro atoms. The topological polar surface area (TPSA) is 0 Å². The van der Waals surface area contributed by atoms with Crippen LogP contribution in [0.4, 0.5) is 0 Å². The summed E-state index contributed by atoms with van der Waals surface area (Å²) in [5.74, 6) is 0. The summed E-state index contributed by atoms with van der Waals surface area (Å²) in [6, 6.07) is 18.0. The number of hydrogen-bond acceptors (Lipinski definition) is 0. The van der Waals surface area contributed by atoms with E-state index >= 15 is 0 Å². The van der Waals surface area contributed by atoms with Gasteiger partial charge in [-0.05, 0) is 0 Å². The van der Waals surface area contributed by atoms with Crippen LogP contribution in [0, 0.1) is 0 Å². The van der Waals surface area contributed by atoms with Crippen LogP contribution in [-0.4, -0.2) is 0 Å². The molecule has 0 aromatic heterocycles. The minimum absolute atomic E-state index is 0. The molecule has 0 bridgehead atoms. The summed E-state index contributed by atoms with van der Waals surface area (Å²) < 4.78 is 0. The van der Waals surface area contributed by atoms with Gasteiger partial charge in [-0.1, -0.05) is 0 Å². The standard InChI is InChI=1S/C7H7.C5H5.Ti/c1-2-7-5-3-4-6-7;1-2-4-5-3-1;/h2-6H,1H2;1-5H;/q2*-1;+2. The third kappa shape index (κ3) is 5.40. The molecule has 0 N–H and O–H groups in total. The van der Waals surface area contributed by atoms with E-state index in [4.69, 9.17) is 0 Å². The van der Waals surface area contributed by atoms with Crippen LogP contribution in [0.5, 0.6) is 0 Å². The first-order chi connectivity index (χ1) is 5.93. The molecule has 2 rings (SSSR count). The average Bonchev–Trinajstić information content (AvgIpc) is 2.81. The smallest absolute Gasteiger partial charge is 0.214 e. The van der Waals surface area contributed by atoms with Gasteiger partial charge < -0.3 is 0 Å². The van der Waals surface area contributed by atoms with E-state index in [9.17, 15) is 0 Å². The normalized spacial score (nSPS) is 7.69. The number of hydrogen-bond donors (Lipinski definition) is 0. The summed E-state index contributed by atoms with van der Waals surface area (Å²) in [4.78, 5) is 0. The Labute approximate surface area is 94.5 Å². The Balaban J connectivity index is 0.000000215. The number of rotatable bonds is 1. The van der Waals surface area contributed by atoms with Crippen molar-refractivity contribution in [3.05, 3.63) is 66.7 Å². The molecule has 0 heterocycles. The Morgan fingerprint density at radius 1 is 1.08 bits per heavy atom. The first-order valence-electron chi connectivity index (χ1n) is 3.94. The van der Waals surface area contributed by atoms with E-state index in [1.807, 2.05) is 60.7 Å². The predicted octanol–water partition coefficient (Wildman–Crippen LogP) is 3.45. The molecule has 0 radical (unpaired) electrons. The molecule has 13 heavy (non-hydrogen) atoms. The summed E-state index contributed by atoms with van der Waals surface area (Å²) in [7, 11) is 0. The second-order valence-corrected chi connectivity index (χ2v) is 2.38. The summed E-state index contributed by atoms with van der Waals surface area (Å²) in [5, 5.41) is 0. The molecule has 0 unspecified atom stereocenters. The molecule has 0 saturated heterocycles. The first-order valence-corrected chi connectivity index (χ1v) is 3.94. The molecule has 2 aromatic rings. The summed E-state index contributed by atoms with van der Waals surface area (Å²) in [6.45, 7) is 3.60. The van der Waals surface area contributed by atoms with Crippen LogP contribution in [0.15, 0.2) is 61.2 Å². The fraction of sp³-hybridized carbons (Fsp3) is 0. The van der Waals surface area contributed by atoms with E-state index in [0.29, 0.717) is 0 Å². The molecule has 0 atom stereocenters. The Hall–Kier alpha value is -0.846. The van der Waals surface area contributed by atoms with Crippen molar-refractivity contribution in [3.63, 3.8) is 0 Å². The van der Waals surface area contributed by atoms with Crippen LogP contribution < -0.4 is 0 Å². The van der Waals surface area contributed by atoms with E-state index in [1.54, 1.807) is 0 Å². The third-order valence-corrected chi connectivity index (χ3v) is 1.48. The van der Waals surface area contributed by atoms with Crippen molar-refractivity contribution in [2.75, 3.05) is 0 Å². The van der Waals surface area contributed by atoms with E-state index in [0.717, 1.165) is 0 Å². The van der Waals surface area contributed by atoms with Gasteiger partial charge in [0, 0.05) is 0 Å². The molecule has 0 saturated carbocycles. The van der Waals surface area contributed by atoms with Gasteiger partial charge in [-0.3, -0.25) is 0 Å². The monoisotopic (exact) mass is 204 g/mol. The maximum atomic E-state index is 3.60. The van der Waals surface area contributed by atoms with Crippen molar-refractivity contribution < 1.29 is 21.7 Å². The fourth-order valence-electron chi connectivity index (χ4n) is 0.846. The zero-order valence-corrected chi connectivity index (χ0v) is 9.04. The molecule has 0 nitrogen and oxygen atoms in total. The Bertz CT molecular complexity index is 260. The Kier molecular flexibility index (Phi) is 7.28. The Morgan fingerprint density at radius 2 is 1.77 bits per heavy atom. The van der Waals surface area contributed by atoms with Crippen molar-refractivity contribution in [2.24, 2.45) is 0 Å². The van der Waals surface area contributed by atoms with Gasteiger partial charge in [0.1, 0.15) is 0 Å². The van der Waals surface area contributed by atoms with Crippen LogP contribution in [0.3, 0.4) is 0 Å². The fourth-order valence-corrected chi connectivity index (χ4v) is 0.846. The molecule has 64 valence electrons. The van der Waals surface area contributed by atoms with E-state index in [2.05, 4.69) is 6.58 Å².